The standard InChI is InChI=1S/C17H25NO3S/c1-12(2)18(11-17(20)21-5)16(19)8-9-22-15-7-6-13(3)14(4)10-15/h6-7,10,12H,8-9,11H2,1-5H3. The molecule has 0 saturated heterocycles. The number of carbonyl (C=O) groups is 2. The molecule has 0 atom stereocenters. The number of rotatable bonds is 7. The molecule has 0 spiro atoms. The lowest BCUT2D eigenvalue weighted by Gasteiger charge is -2.25. The third-order valence-electron chi connectivity index (χ3n) is 3.53. The van der Waals surface area contributed by atoms with Crippen molar-refractivity contribution in [1.82, 2.24) is 4.90 Å². The fraction of sp³-hybridized carbons (Fsp3) is 0.529. The van der Waals surface area contributed by atoms with Crippen LogP contribution in [0.5, 0.6) is 0 Å². The first-order valence-corrected chi connectivity index (χ1v) is 8.40. The maximum atomic E-state index is 12.3. The second-order valence-electron chi connectivity index (χ2n) is 5.54. The van der Waals surface area contributed by atoms with E-state index >= 15 is 0 Å². The molecule has 1 aromatic rings. The molecule has 0 aliphatic heterocycles. The van der Waals surface area contributed by atoms with E-state index in [0.717, 1.165) is 0 Å². The number of methoxy groups -OCH3 is 1. The first kappa shape index (κ1) is 18.6. The summed E-state index contributed by atoms with van der Waals surface area (Å²) in [5, 5.41) is 0. The number of carbonyl (C=O) groups excluding carboxylic acids is 2. The van der Waals surface area contributed by atoms with E-state index in [4.69, 9.17) is 0 Å². The Morgan fingerprint density at radius 3 is 2.45 bits per heavy atom. The minimum absolute atomic E-state index is 0.0152. The molecule has 0 saturated carbocycles. The van der Waals surface area contributed by atoms with Crippen molar-refractivity contribution in [2.24, 2.45) is 0 Å². The second-order valence-corrected chi connectivity index (χ2v) is 6.70. The summed E-state index contributed by atoms with van der Waals surface area (Å²) in [5.74, 6) is 0.298. The van der Waals surface area contributed by atoms with E-state index in [-0.39, 0.29) is 24.5 Å². The number of nitrogens with zero attached hydrogens (tertiary/aromatic N) is 1. The number of ether oxygens (including phenoxy) is 1. The molecule has 1 amide bonds. The van der Waals surface area contributed by atoms with Gasteiger partial charge in [-0.1, -0.05) is 6.07 Å². The van der Waals surface area contributed by atoms with Crippen LogP contribution in [0.4, 0.5) is 0 Å². The van der Waals surface area contributed by atoms with Crippen LogP contribution in [-0.2, 0) is 14.3 Å². The fourth-order valence-electron chi connectivity index (χ4n) is 1.97. The van der Waals surface area contributed by atoms with Gasteiger partial charge in [0.15, 0.2) is 0 Å². The first-order valence-electron chi connectivity index (χ1n) is 7.41. The molecular weight excluding hydrogens is 298 g/mol. The van der Waals surface area contributed by atoms with Crippen LogP contribution in [0.1, 0.15) is 31.4 Å². The van der Waals surface area contributed by atoms with Gasteiger partial charge in [-0.15, -0.1) is 11.8 Å². The van der Waals surface area contributed by atoms with Crippen LogP contribution >= 0.6 is 11.8 Å². The van der Waals surface area contributed by atoms with Crippen molar-refractivity contribution in [3.05, 3.63) is 29.3 Å². The van der Waals surface area contributed by atoms with Crippen molar-refractivity contribution in [2.75, 3.05) is 19.4 Å². The van der Waals surface area contributed by atoms with Crippen LogP contribution in [0.3, 0.4) is 0 Å². The zero-order chi connectivity index (χ0) is 16.7. The minimum Gasteiger partial charge on any atom is -0.468 e. The predicted octanol–water partition coefficient (Wildman–Crippen LogP) is 3.20. The zero-order valence-corrected chi connectivity index (χ0v) is 14.8. The second kappa shape index (κ2) is 8.83. The van der Waals surface area contributed by atoms with Crippen LogP contribution in [-0.4, -0.2) is 42.2 Å². The van der Waals surface area contributed by atoms with Crippen molar-refractivity contribution in [2.45, 2.75) is 45.1 Å². The summed E-state index contributed by atoms with van der Waals surface area (Å²) < 4.78 is 4.64. The normalized spacial score (nSPS) is 10.6. The Kier molecular flexibility index (Phi) is 7.45. The van der Waals surface area contributed by atoms with Crippen molar-refractivity contribution in [1.29, 1.82) is 0 Å². The number of esters is 1. The highest BCUT2D eigenvalue weighted by molar-refractivity contribution is 7.99. The Morgan fingerprint density at radius 1 is 1.23 bits per heavy atom. The van der Waals surface area contributed by atoms with Crippen LogP contribution in [0.15, 0.2) is 23.1 Å². The maximum absolute atomic E-state index is 12.3. The van der Waals surface area contributed by atoms with Crippen molar-refractivity contribution in [3.8, 4) is 0 Å². The first-order chi connectivity index (χ1) is 10.3. The van der Waals surface area contributed by atoms with Gasteiger partial charge in [-0.05, 0) is 51.0 Å². The molecule has 1 rings (SSSR count). The van der Waals surface area contributed by atoms with Crippen LogP contribution in [0.2, 0.25) is 0 Å². The lowest BCUT2D eigenvalue weighted by Crippen LogP contribution is -2.41. The highest BCUT2D eigenvalue weighted by Gasteiger charge is 2.20. The molecule has 0 fully saturated rings. The lowest BCUT2D eigenvalue weighted by atomic mass is 10.1. The number of amides is 1. The molecule has 0 N–H and O–H groups in total. The van der Waals surface area contributed by atoms with Crippen molar-refractivity contribution < 1.29 is 14.3 Å². The van der Waals surface area contributed by atoms with Gasteiger partial charge in [0.05, 0.1) is 7.11 Å². The van der Waals surface area contributed by atoms with Crippen molar-refractivity contribution in [3.63, 3.8) is 0 Å². The largest absolute Gasteiger partial charge is 0.468 e. The minimum atomic E-state index is -0.385. The lowest BCUT2D eigenvalue weighted by molar-refractivity contribution is -0.148. The summed E-state index contributed by atoms with van der Waals surface area (Å²) in [6.07, 6.45) is 0.409. The van der Waals surface area contributed by atoms with Crippen LogP contribution in [0.25, 0.3) is 0 Å². The van der Waals surface area contributed by atoms with Gasteiger partial charge < -0.3 is 9.64 Å². The van der Waals surface area contributed by atoms with E-state index < -0.39 is 0 Å². The molecule has 0 heterocycles. The predicted molar refractivity (Wildman–Crippen MR) is 90.1 cm³/mol. The molecule has 0 bridgehead atoms. The summed E-state index contributed by atoms with van der Waals surface area (Å²) in [5.41, 5.74) is 2.52. The fourth-order valence-corrected chi connectivity index (χ4v) is 2.90. The third kappa shape index (κ3) is 5.72. The summed E-state index contributed by atoms with van der Waals surface area (Å²) in [7, 11) is 1.33. The number of aryl methyl sites for hydroxylation is 2. The molecule has 0 aliphatic carbocycles. The topological polar surface area (TPSA) is 46.6 Å². The maximum Gasteiger partial charge on any atom is 0.325 e. The molecule has 0 aromatic heterocycles. The summed E-state index contributed by atoms with van der Waals surface area (Å²) in [6, 6.07) is 6.29. The van der Waals surface area contributed by atoms with Gasteiger partial charge in [0.2, 0.25) is 5.91 Å². The van der Waals surface area contributed by atoms with E-state index in [2.05, 4.69) is 36.8 Å². The van der Waals surface area contributed by atoms with Gasteiger partial charge in [-0.3, -0.25) is 9.59 Å². The Labute approximate surface area is 137 Å². The Bertz CT molecular complexity index is 529. The van der Waals surface area contributed by atoms with E-state index in [1.807, 2.05) is 13.8 Å². The highest BCUT2D eigenvalue weighted by Crippen LogP contribution is 2.22. The van der Waals surface area contributed by atoms with E-state index in [1.54, 1.807) is 16.7 Å². The summed E-state index contributed by atoms with van der Waals surface area (Å²) >= 11 is 1.66. The molecule has 0 radical (unpaired) electrons. The number of benzene rings is 1. The Hall–Kier alpha value is -1.49. The Balaban J connectivity index is 2.52. The average molecular weight is 323 g/mol. The smallest absolute Gasteiger partial charge is 0.325 e. The zero-order valence-electron chi connectivity index (χ0n) is 14.0. The molecular formula is C17H25NO3S. The number of thioether (sulfide) groups is 1. The highest BCUT2D eigenvalue weighted by atomic mass is 32.2. The third-order valence-corrected chi connectivity index (χ3v) is 4.53. The van der Waals surface area contributed by atoms with Crippen LogP contribution in [0, 0.1) is 13.8 Å². The Morgan fingerprint density at radius 2 is 1.91 bits per heavy atom. The van der Waals surface area contributed by atoms with Gasteiger partial charge >= 0.3 is 5.97 Å². The quantitative estimate of drug-likeness (QED) is 0.571. The molecule has 4 nitrogen and oxygen atoms in total. The number of hydrogen-bond donors (Lipinski definition) is 0. The van der Waals surface area contributed by atoms with Gasteiger partial charge in [0.1, 0.15) is 6.54 Å². The van der Waals surface area contributed by atoms with Gasteiger partial charge in [0.25, 0.3) is 0 Å². The van der Waals surface area contributed by atoms with Gasteiger partial charge in [-0.2, -0.15) is 0 Å². The molecule has 1 aromatic carbocycles. The molecule has 22 heavy (non-hydrogen) atoms. The SMILES string of the molecule is COC(=O)CN(C(=O)CCSc1ccc(C)c(C)c1)C(C)C. The van der Waals surface area contributed by atoms with E-state index in [9.17, 15) is 9.59 Å². The van der Waals surface area contributed by atoms with Gasteiger partial charge in [0, 0.05) is 23.1 Å². The summed E-state index contributed by atoms with van der Waals surface area (Å²) in [6.45, 7) is 7.98. The van der Waals surface area contributed by atoms with E-state index in [1.165, 1.54) is 23.1 Å². The molecule has 0 unspecified atom stereocenters. The molecule has 5 heteroatoms. The van der Waals surface area contributed by atoms with Crippen molar-refractivity contribution >= 4 is 23.6 Å². The van der Waals surface area contributed by atoms with Crippen LogP contribution < -0.4 is 0 Å². The average Bonchev–Trinajstić information content (AvgIpc) is 2.47. The monoisotopic (exact) mass is 323 g/mol. The molecule has 0 aliphatic rings. The van der Waals surface area contributed by atoms with E-state index in [0.29, 0.717) is 12.2 Å². The number of hydrogen-bond acceptors (Lipinski definition) is 4. The van der Waals surface area contributed by atoms with Gasteiger partial charge in [-0.25, -0.2) is 0 Å². The summed E-state index contributed by atoms with van der Waals surface area (Å²) in [4.78, 5) is 26.4. The molecule has 122 valence electrons.